The number of piperidine rings is 1. The zero-order valence-electron chi connectivity index (χ0n) is 15.5. The number of thiophene rings is 1. The van der Waals surface area contributed by atoms with Gasteiger partial charge in [-0.3, -0.25) is 9.59 Å². The number of nitrogens with zero attached hydrogens (tertiary/aromatic N) is 1. The highest BCUT2D eigenvalue weighted by Gasteiger charge is 2.32. The largest absolute Gasteiger partial charge is 0.351 e. The third-order valence-electron chi connectivity index (χ3n) is 5.28. The van der Waals surface area contributed by atoms with E-state index in [1.807, 2.05) is 22.4 Å². The molecule has 1 fully saturated rings. The number of nitrogens with one attached hydrogen (secondary N) is 1. The normalized spacial score (nSPS) is 19.7. The Bertz CT molecular complexity index is 761. The van der Waals surface area contributed by atoms with Crippen LogP contribution in [0.4, 0.5) is 4.39 Å². The van der Waals surface area contributed by atoms with E-state index in [2.05, 4.69) is 12.2 Å². The zero-order chi connectivity index (χ0) is 19.2. The molecule has 2 heterocycles. The average molecular weight is 389 g/mol. The lowest BCUT2D eigenvalue weighted by molar-refractivity contribution is -0.123. The third-order valence-corrected chi connectivity index (χ3v) is 6.16. The van der Waals surface area contributed by atoms with Crippen molar-refractivity contribution in [3.8, 4) is 0 Å². The quantitative estimate of drug-likeness (QED) is 0.811. The van der Waals surface area contributed by atoms with Gasteiger partial charge in [0, 0.05) is 30.0 Å². The highest BCUT2D eigenvalue weighted by Crippen LogP contribution is 2.30. The minimum atomic E-state index is -0.342. The van der Waals surface area contributed by atoms with E-state index in [1.165, 1.54) is 24.3 Å². The van der Waals surface area contributed by atoms with Gasteiger partial charge in [0.1, 0.15) is 5.82 Å². The summed E-state index contributed by atoms with van der Waals surface area (Å²) >= 11 is 1.64. The zero-order valence-corrected chi connectivity index (χ0v) is 16.3. The van der Waals surface area contributed by atoms with Gasteiger partial charge in [0.05, 0.1) is 6.54 Å². The van der Waals surface area contributed by atoms with E-state index in [9.17, 15) is 14.0 Å². The SMILES string of the molecule is CC[C@H]1CN(C(=O)c2ccc(F)cc2)CC[C@H]1CC(=O)NCc1cccs1. The summed E-state index contributed by atoms with van der Waals surface area (Å²) in [7, 11) is 0. The first-order valence-electron chi connectivity index (χ1n) is 9.40. The van der Waals surface area contributed by atoms with Crippen molar-refractivity contribution in [3.63, 3.8) is 0 Å². The van der Waals surface area contributed by atoms with Crippen LogP contribution in [0, 0.1) is 17.7 Å². The molecule has 2 amide bonds. The van der Waals surface area contributed by atoms with Gasteiger partial charge in [-0.2, -0.15) is 0 Å². The van der Waals surface area contributed by atoms with Crippen LogP contribution in [0.3, 0.4) is 0 Å². The van der Waals surface area contributed by atoms with Crippen LogP contribution in [-0.2, 0) is 11.3 Å². The molecule has 1 aliphatic heterocycles. The van der Waals surface area contributed by atoms with E-state index in [4.69, 9.17) is 0 Å². The summed E-state index contributed by atoms with van der Waals surface area (Å²) in [5.41, 5.74) is 0.512. The second-order valence-electron chi connectivity index (χ2n) is 7.04. The summed E-state index contributed by atoms with van der Waals surface area (Å²) in [4.78, 5) is 28.0. The molecule has 27 heavy (non-hydrogen) atoms. The fourth-order valence-corrected chi connectivity index (χ4v) is 4.33. The Morgan fingerprint density at radius 1 is 1.22 bits per heavy atom. The van der Waals surface area contributed by atoms with Gasteiger partial charge >= 0.3 is 0 Å². The molecule has 0 unspecified atom stereocenters. The summed E-state index contributed by atoms with van der Waals surface area (Å²) < 4.78 is 13.1. The summed E-state index contributed by atoms with van der Waals surface area (Å²) in [6.07, 6.45) is 2.25. The molecule has 1 aromatic heterocycles. The van der Waals surface area contributed by atoms with E-state index in [0.717, 1.165) is 17.7 Å². The lowest BCUT2D eigenvalue weighted by atomic mass is 9.81. The van der Waals surface area contributed by atoms with Crippen molar-refractivity contribution in [2.45, 2.75) is 32.7 Å². The topological polar surface area (TPSA) is 49.4 Å². The van der Waals surface area contributed by atoms with Gasteiger partial charge in [0.25, 0.3) is 5.91 Å². The van der Waals surface area contributed by atoms with Gasteiger partial charge in [-0.15, -0.1) is 11.3 Å². The van der Waals surface area contributed by atoms with Crippen LogP contribution in [-0.4, -0.2) is 29.8 Å². The molecule has 1 aromatic carbocycles. The summed E-state index contributed by atoms with van der Waals surface area (Å²) in [6.45, 7) is 3.97. The highest BCUT2D eigenvalue weighted by molar-refractivity contribution is 7.09. The maximum Gasteiger partial charge on any atom is 0.253 e. The second kappa shape index (κ2) is 9.13. The van der Waals surface area contributed by atoms with Gasteiger partial charge in [-0.25, -0.2) is 4.39 Å². The number of benzene rings is 1. The van der Waals surface area contributed by atoms with Crippen LogP contribution >= 0.6 is 11.3 Å². The van der Waals surface area contributed by atoms with Crippen LogP contribution in [0.25, 0.3) is 0 Å². The molecule has 1 aliphatic rings. The predicted molar refractivity (Wildman–Crippen MR) is 105 cm³/mol. The molecule has 0 spiro atoms. The molecule has 4 nitrogen and oxygen atoms in total. The Balaban J connectivity index is 1.53. The summed E-state index contributed by atoms with van der Waals surface area (Å²) in [5, 5.41) is 5.00. The van der Waals surface area contributed by atoms with Gasteiger partial charge < -0.3 is 10.2 Å². The van der Waals surface area contributed by atoms with E-state index in [-0.39, 0.29) is 23.5 Å². The Kier molecular flexibility index (Phi) is 6.61. The number of amides is 2. The Hall–Kier alpha value is -2.21. The van der Waals surface area contributed by atoms with Crippen molar-refractivity contribution in [2.75, 3.05) is 13.1 Å². The average Bonchev–Trinajstić information content (AvgIpc) is 3.20. The molecule has 3 rings (SSSR count). The first kappa shape index (κ1) is 19.5. The van der Waals surface area contributed by atoms with Crippen molar-refractivity contribution < 1.29 is 14.0 Å². The summed E-state index contributed by atoms with van der Waals surface area (Å²) in [5.74, 6) is 0.260. The maximum atomic E-state index is 13.1. The van der Waals surface area contributed by atoms with Crippen LogP contribution < -0.4 is 5.32 Å². The fourth-order valence-electron chi connectivity index (χ4n) is 3.68. The minimum absolute atomic E-state index is 0.0611. The van der Waals surface area contributed by atoms with Crippen LogP contribution in [0.5, 0.6) is 0 Å². The number of carbonyl (C=O) groups excluding carboxylic acids is 2. The number of halogens is 1. The lowest BCUT2D eigenvalue weighted by Gasteiger charge is -2.38. The molecule has 0 aliphatic carbocycles. The highest BCUT2D eigenvalue weighted by atomic mass is 32.1. The number of rotatable bonds is 6. The molecule has 6 heteroatoms. The number of hydrogen-bond donors (Lipinski definition) is 1. The molecule has 1 saturated heterocycles. The van der Waals surface area contributed by atoms with Gasteiger partial charge in [0.2, 0.25) is 5.91 Å². The van der Waals surface area contributed by atoms with Crippen molar-refractivity contribution in [3.05, 3.63) is 58.0 Å². The smallest absolute Gasteiger partial charge is 0.253 e. The molecule has 0 radical (unpaired) electrons. The Morgan fingerprint density at radius 2 is 2.00 bits per heavy atom. The molecule has 2 atom stereocenters. The van der Waals surface area contributed by atoms with Gasteiger partial charge in [-0.05, 0) is 54.0 Å². The third kappa shape index (κ3) is 5.16. The van der Waals surface area contributed by atoms with Gasteiger partial charge in [0.15, 0.2) is 0 Å². The number of carbonyl (C=O) groups is 2. The standard InChI is InChI=1S/C21H25FN2O2S/c1-2-15-14-24(21(26)16-5-7-18(22)8-6-16)10-9-17(15)12-20(25)23-13-19-4-3-11-27-19/h3-8,11,15,17H,2,9-10,12-14H2,1H3,(H,23,25)/t15-,17-/m0/s1. The monoisotopic (exact) mass is 388 g/mol. The van der Waals surface area contributed by atoms with Crippen molar-refractivity contribution >= 4 is 23.2 Å². The molecule has 1 N–H and O–H groups in total. The number of hydrogen-bond acceptors (Lipinski definition) is 3. The minimum Gasteiger partial charge on any atom is -0.351 e. The lowest BCUT2D eigenvalue weighted by Crippen LogP contribution is -2.44. The second-order valence-corrected chi connectivity index (χ2v) is 8.07. The molecule has 0 bridgehead atoms. The fraction of sp³-hybridized carbons (Fsp3) is 0.429. The van der Waals surface area contributed by atoms with Crippen molar-refractivity contribution in [1.82, 2.24) is 10.2 Å². The maximum absolute atomic E-state index is 13.1. The number of likely N-dealkylation sites (tertiary alicyclic amines) is 1. The molecule has 0 saturated carbocycles. The van der Waals surface area contributed by atoms with Crippen LogP contribution in [0.1, 0.15) is 41.4 Å². The van der Waals surface area contributed by atoms with Crippen LogP contribution in [0.15, 0.2) is 41.8 Å². The van der Waals surface area contributed by atoms with Gasteiger partial charge in [-0.1, -0.05) is 19.4 Å². The van der Waals surface area contributed by atoms with Crippen molar-refractivity contribution in [2.24, 2.45) is 11.8 Å². The molecular weight excluding hydrogens is 363 g/mol. The van der Waals surface area contributed by atoms with Crippen LogP contribution in [0.2, 0.25) is 0 Å². The first-order valence-corrected chi connectivity index (χ1v) is 10.3. The summed E-state index contributed by atoms with van der Waals surface area (Å²) in [6, 6.07) is 9.68. The predicted octanol–water partition coefficient (Wildman–Crippen LogP) is 4.08. The molecule has 144 valence electrons. The molecular formula is C21H25FN2O2S. The van der Waals surface area contributed by atoms with E-state index in [0.29, 0.717) is 37.5 Å². The Labute approximate surface area is 163 Å². The Morgan fingerprint density at radius 3 is 2.67 bits per heavy atom. The van der Waals surface area contributed by atoms with E-state index >= 15 is 0 Å². The first-order chi connectivity index (χ1) is 13.1. The van der Waals surface area contributed by atoms with E-state index < -0.39 is 0 Å². The van der Waals surface area contributed by atoms with E-state index in [1.54, 1.807) is 11.3 Å². The van der Waals surface area contributed by atoms with Crippen molar-refractivity contribution in [1.29, 1.82) is 0 Å². The molecule has 2 aromatic rings.